The van der Waals surface area contributed by atoms with Crippen LogP contribution >= 0.6 is 0 Å². The van der Waals surface area contributed by atoms with Crippen LogP contribution in [0.2, 0.25) is 0 Å². The van der Waals surface area contributed by atoms with Crippen molar-refractivity contribution in [3.05, 3.63) is 0 Å². The van der Waals surface area contributed by atoms with E-state index in [4.69, 9.17) is 15.3 Å². The monoisotopic (exact) mass is 248 g/mol. The molecule has 0 bridgehead atoms. The fourth-order valence-corrected chi connectivity index (χ4v) is 0.258. The van der Waals surface area contributed by atoms with Crippen LogP contribution in [0, 0.1) is 0 Å². The quantitative estimate of drug-likeness (QED) is 0.472. The molecule has 0 spiro atoms. The maximum Gasteiger partial charge on any atom is 1.00 e. The molecule has 10 heteroatoms. The molecule has 0 heterocycles. The molecule has 0 aliphatic carbocycles. The zero-order valence-corrected chi connectivity index (χ0v) is 15.1. The Morgan fingerprint density at radius 3 is 1.07 bits per heavy atom. The molecule has 72 valence electrons. The van der Waals surface area contributed by atoms with E-state index in [2.05, 4.69) is 0 Å². The summed E-state index contributed by atoms with van der Waals surface area (Å²) in [6, 6.07) is 0. The van der Waals surface area contributed by atoms with E-state index in [1.165, 1.54) is 0 Å². The van der Waals surface area contributed by atoms with Gasteiger partial charge in [-0.2, -0.15) is 7.11 Å². The topological polar surface area (TPSA) is 144 Å². The first-order valence-electron chi connectivity index (χ1n) is 2.65. The van der Waals surface area contributed by atoms with Crippen molar-refractivity contribution in [2.45, 2.75) is 12.2 Å². The van der Waals surface area contributed by atoms with E-state index in [0.717, 1.165) is 7.11 Å². The second-order valence-electron chi connectivity index (χ2n) is 1.53. The van der Waals surface area contributed by atoms with E-state index in [9.17, 15) is 19.8 Å². The molecule has 7 nitrogen and oxygen atoms in total. The van der Waals surface area contributed by atoms with Crippen LogP contribution in [0.4, 0.5) is 0 Å². The third kappa shape index (κ3) is 15.8. The molecule has 2 atom stereocenters. The molecule has 0 aliphatic rings. The average Bonchev–Trinajstić information content (AvgIpc) is 2.05. The van der Waals surface area contributed by atoms with Crippen molar-refractivity contribution in [3.63, 3.8) is 0 Å². The molecular weight excluding hydrogens is 241 g/mol. The Labute approximate surface area is 153 Å². The van der Waals surface area contributed by atoms with E-state index in [1.807, 2.05) is 0 Å². The summed E-state index contributed by atoms with van der Waals surface area (Å²) in [5, 5.41) is 44.0. The van der Waals surface area contributed by atoms with Gasteiger partial charge in [-0.05, 0) is 0 Å². The molecule has 2 unspecified atom stereocenters. The molecule has 0 saturated carbocycles. The molecule has 2 N–H and O–H groups in total. The molecule has 0 fully saturated rings. The molecule has 0 radical (unpaired) electrons. The van der Waals surface area contributed by atoms with Crippen LogP contribution in [0.5, 0.6) is 0 Å². The number of carboxylic acid groups (broad SMARTS) is 2. The number of carbonyl (C=O) groups excluding carboxylic acids is 2. The van der Waals surface area contributed by atoms with Crippen molar-refractivity contribution in [2.24, 2.45) is 0 Å². The van der Waals surface area contributed by atoms with Gasteiger partial charge in [-0.1, -0.05) is 0 Å². The Hall–Kier alpha value is 1.82. The van der Waals surface area contributed by atoms with Gasteiger partial charge in [-0.3, -0.25) is 0 Å². The number of carboxylic acids is 2. The Kier molecular flexibility index (Phi) is 36.5. The minimum atomic E-state index is -2.44. The second-order valence-corrected chi connectivity index (χ2v) is 1.53. The first kappa shape index (κ1) is 30.1. The van der Waals surface area contributed by atoms with Gasteiger partial charge in [0, 0.05) is 0 Å². The number of hydrogen-bond acceptors (Lipinski definition) is 7. The van der Waals surface area contributed by atoms with E-state index >= 15 is 0 Å². The Morgan fingerprint density at radius 1 is 0.867 bits per heavy atom. The van der Waals surface area contributed by atoms with Crippen molar-refractivity contribution in [1.29, 1.82) is 0 Å². The normalized spacial score (nSPS) is 10.9. The fraction of sp³-hybridized carbons (Fsp3) is 0.600. The zero-order valence-electron chi connectivity index (χ0n) is 9.09. The van der Waals surface area contributed by atoms with Crippen LogP contribution in [0.15, 0.2) is 0 Å². The van der Waals surface area contributed by atoms with Crippen LogP contribution in [-0.4, -0.2) is 41.5 Å². The first-order valence-corrected chi connectivity index (χ1v) is 2.65. The molecular formula is C5H7Na3O7. The van der Waals surface area contributed by atoms with Crippen molar-refractivity contribution in [1.82, 2.24) is 0 Å². The van der Waals surface area contributed by atoms with Gasteiger partial charge >= 0.3 is 88.7 Å². The predicted molar refractivity (Wildman–Crippen MR) is 28.0 cm³/mol. The first-order chi connectivity index (χ1) is 5.46. The van der Waals surface area contributed by atoms with Gasteiger partial charge in [0.1, 0.15) is 12.2 Å². The van der Waals surface area contributed by atoms with E-state index in [1.54, 1.807) is 0 Å². The van der Waals surface area contributed by atoms with Crippen LogP contribution in [0.3, 0.4) is 0 Å². The van der Waals surface area contributed by atoms with Crippen LogP contribution in [-0.2, 0) is 9.59 Å². The maximum atomic E-state index is 9.63. The number of rotatable bonds is 3. The summed E-state index contributed by atoms with van der Waals surface area (Å²) in [7, 11) is 0.750. The molecule has 0 rings (SSSR count). The summed E-state index contributed by atoms with van der Waals surface area (Å²) < 4.78 is 0. The number of aliphatic hydroxyl groups excluding tert-OH is 2. The van der Waals surface area contributed by atoms with Gasteiger partial charge in [-0.25, -0.2) is 0 Å². The minimum absolute atomic E-state index is 0. The van der Waals surface area contributed by atoms with Crippen molar-refractivity contribution in [3.8, 4) is 0 Å². The van der Waals surface area contributed by atoms with Gasteiger partial charge in [-0.15, -0.1) is 0 Å². The van der Waals surface area contributed by atoms with Crippen molar-refractivity contribution in [2.75, 3.05) is 7.11 Å². The number of aliphatic carboxylic acids is 2. The molecule has 0 aromatic heterocycles. The van der Waals surface area contributed by atoms with Crippen molar-refractivity contribution < 1.29 is 124 Å². The molecule has 0 saturated heterocycles. The Bertz CT molecular complexity index is 147. The summed E-state index contributed by atoms with van der Waals surface area (Å²) in [6.07, 6.45) is -4.88. The summed E-state index contributed by atoms with van der Waals surface area (Å²) in [4.78, 5) is 19.3. The summed E-state index contributed by atoms with van der Waals surface area (Å²) in [5.41, 5.74) is 0. The Morgan fingerprint density at radius 2 is 1.00 bits per heavy atom. The summed E-state index contributed by atoms with van der Waals surface area (Å²) in [5.74, 6) is -4.12. The van der Waals surface area contributed by atoms with Crippen LogP contribution in [0.1, 0.15) is 0 Å². The van der Waals surface area contributed by atoms with Gasteiger partial charge in [0.15, 0.2) is 0 Å². The smallest absolute Gasteiger partial charge is 0.857 e. The second kappa shape index (κ2) is 18.2. The third-order valence-electron chi connectivity index (χ3n) is 0.782. The summed E-state index contributed by atoms with van der Waals surface area (Å²) >= 11 is 0. The van der Waals surface area contributed by atoms with Crippen LogP contribution in [0.25, 0.3) is 0 Å². The number of hydrogen-bond donors (Lipinski definition) is 2. The predicted octanol–water partition coefficient (Wildman–Crippen LogP) is -14.8. The summed E-state index contributed by atoms with van der Waals surface area (Å²) in [6.45, 7) is 0. The SMILES string of the molecule is C[O-].O=C([O-])C(O)C(O)C(=O)[O-].[Na+].[Na+].[Na+]. The zero-order chi connectivity index (χ0) is 10.3. The van der Waals surface area contributed by atoms with Gasteiger partial charge < -0.3 is 35.1 Å². The standard InChI is InChI=1S/C4H6O6.CH3O.3Na/c5-1(3(7)8)2(6)4(9)10;1-2;;;/h1-2,5-6H,(H,7,8)(H,9,10);1H3;;;/q;-1;3*+1/p-2. The van der Waals surface area contributed by atoms with Crippen LogP contribution < -0.4 is 104 Å². The van der Waals surface area contributed by atoms with Gasteiger partial charge in [0.25, 0.3) is 0 Å². The average molecular weight is 248 g/mol. The molecule has 0 aliphatic heterocycles. The van der Waals surface area contributed by atoms with E-state index < -0.39 is 24.1 Å². The maximum absolute atomic E-state index is 9.63. The van der Waals surface area contributed by atoms with E-state index in [-0.39, 0.29) is 88.7 Å². The molecule has 15 heavy (non-hydrogen) atoms. The number of carbonyl (C=O) groups is 2. The van der Waals surface area contributed by atoms with E-state index in [0.29, 0.717) is 0 Å². The molecule has 0 aromatic rings. The molecule has 0 amide bonds. The Balaban J connectivity index is -0.0000000626. The van der Waals surface area contributed by atoms with Gasteiger partial charge in [0.2, 0.25) is 0 Å². The third-order valence-corrected chi connectivity index (χ3v) is 0.782. The van der Waals surface area contributed by atoms with Gasteiger partial charge in [0.05, 0.1) is 11.9 Å². The largest absolute Gasteiger partial charge is 1.00 e. The number of aliphatic hydroxyl groups is 2. The fourth-order valence-electron chi connectivity index (χ4n) is 0.258. The minimum Gasteiger partial charge on any atom is -0.857 e. The van der Waals surface area contributed by atoms with Crippen molar-refractivity contribution >= 4 is 11.9 Å². The molecule has 0 aromatic carbocycles.